The fraction of sp³-hybridized carbons (Fsp3) is 0.316. The zero-order valence-electron chi connectivity index (χ0n) is 14.2. The number of hydrogen-bond donors (Lipinski definition) is 1. The predicted molar refractivity (Wildman–Crippen MR) is 97.9 cm³/mol. The van der Waals surface area contributed by atoms with E-state index in [1.165, 1.54) is 11.8 Å². The van der Waals surface area contributed by atoms with Gasteiger partial charge in [0.2, 0.25) is 5.91 Å². The lowest BCUT2D eigenvalue weighted by atomic mass is 10.0. The number of methoxy groups -OCH3 is 2. The maximum absolute atomic E-state index is 12.2. The minimum absolute atomic E-state index is 0.0138. The van der Waals surface area contributed by atoms with Crippen molar-refractivity contribution in [2.24, 2.45) is 0 Å². The maximum atomic E-state index is 12.2. The molecule has 4 nitrogen and oxygen atoms in total. The molecular formula is C19H23NO3S. The highest BCUT2D eigenvalue weighted by Gasteiger charge is 2.13. The average molecular weight is 345 g/mol. The molecule has 2 aromatic carbocycles. The van der Waals surface area contributed by atoms with Crippen LogP contribution in [0, 0.1) is 0 Å². The van der Waals surface area contributed by atoms with Gasteiger partial charge in [-0.1, -0.05) is 19.1 Å². The molecule has 0 spiro atoms. The second-order valence-electron chi connectivity index (χ2n) is 5.27. The fourth-order valence-electron chi connectivity index (χ4n) is 2.31. The second-order valence-corrected chi connectivity index (χ2v) is 6.31. The van der Waals surface area contributed by atoms with Gasteiger partial charge in [-0.3, -0.25) is 4.79 Å². The molecule has 0 saturated carbocycles. The number of carbonyl (C=O) groups is 1. The second kappa shape index (κ2) is 9.23. The van der Waals surface area contributed by atoms with E-state index < -0.39 is 0 Å². The van der Waals surface area contributed by atoms with Gasteiger partial charge in [-0.05, 0) is 48.4 Å². The van der Waals surface area contributed by atoms with Gasteiger partial charge in [0, 0.05) is 4.90 Å². The molecule has 0 bridgehead atoms. The van der Waals surface area contributed by atoms with E-state index in [0.29, 0.717) is 5.75 Å². The van der Waals surface area contributed by atoms with Gasteiger partial charge in [-0.25, -0.2) is 0 Å². The zero-order valence-corrected chi connectivity index (χ0v) is 15.1. The number of carbonyl (C=O) groups excluding carboxylic acids is 1. The molecule has 24 heavy (non-hydrogen) atoms. The lowest BCUT2D eigenvalue weighted by molar-refractivity contribution is -0.119. The molecule has 0 unspecified atom stereocenters. The van der Waals surface area contributed by atoms with Crippen molar-refractivity contribution in [2.45, 2.75) is 24.3 Å². The summed E-state index contributed by atoms with van der Waals surface area (Å²) in [5.74, 6) is 2.04. The molecule has 128 valence electrons. The lowest BCUT2D eigenvalue weighted by Crippen LogP contribution is -2.29. The first-order valence-corrected chi connectivity index (χ1v) is 8.85. The Bertz CT molecular complexity index is 641. The van der Waals surface area contributed by atoms with E-state index in [9.17, 15) is 4.79 Å². The maximum Gasteiger partial charge on any atom is 0.230 e. The molecule has 2 rings (SSSR count). The Morgan fingerprint density at radius 2 is 1.54 bits per heavy atom. The first-order valence-electron chi connectivity index (χ1n) is 7.86. The third kappa shape index (κ3) is 5.20. The third-order valence-corrected chi connectivity index (χ3v) is 4.70. The Hall–Kier alpha value is -2.14. The molecule has 0 aromatic heterocycles. The molecule has 1 amide bonds. The van der Waals surface area contributed by atoms with Crippen molar-refractivity contribution >= 4 is 17.7 Å². The average Bonchev–Trinajstić information content (AvgIpc) is 2.65. The highest BCUT2D eigenvalue weighted by Crippen LogP contribution is 2.23. The summed E-state index contributed by atoms with van der Waals surface area (Å²) in [7, 11) is 3.28. The van der Waals surface area contributed by atoms with Gasteiger partial charge in [-0.2, -0.15) is 0 Å². The Morgan fingerprint density at radius 1 is 1.00 bits per heavy atom. The molecule has 0 saturated heterocycles. The molecule has 0 radical (unpaired) electrons. The van der Waals surface area contributed by atoms with E-state index in [1.54, 1.807) is 14.2 Å². The Labute approximate surface area is 147 Å². The van der Waals surface area contributed by atoms with Gasteiger partial charge in [0.1, 0.15) is 11.5 Å². The molecule has 2 aromatic rings. The summed E-state index contributed by atoms with van der Waals surface area (Å²) in [5, 5.41) is 3.09. The van der Waals surface area contributed by atoms with Crippen molar-refractivity contribution in [3.8, 4) is 11.5 Å². The molecule has 0 fully saturated rings. The monoisotopic (exact) mass is 345 g/mol. The molecule has 0 aliphatic rings. The van der Waals surface area contributed by atoms with Gasteiger partial charge < -0.3 is 14.8 Å². The molecule has 1 N–H and O–H groups in total. The van der Waals surface area contributed by atoms with Crippen LogP contribution >= 0.6 is 11.8 Å². The van der Waals surface area contributed by atoms with Crippen LogP contribution in [0.15, 0.2) is 53.4 Å². The number of ether oxygens (including phenoxy) is 2. The highest BCUT2D eigenvalue weighted by molar-refractivity contribution is 8.00. The van der Waals surface area contributed by atoms with E-state index in [1.807, 2.05) is 48.5 Å². The number of thioether (sulfide) groups is 1. The Morgan fingerprint density at radius 3 is 2.04 bits per heavy atom. The van der Waals surface area contributed by atoms with Crippen LogP contribution in [0.3, 0.4) is 0 Å². The van der Waals surface area contributed by atoms with Gasteiger partial charge in [0.05, 0.1) is 26.0 Å². The van der Waals surface area contributed by atoms with Crippen LogP contribution in [0.4, 0.5) is 0 Å². The van der Waals surface area contributed by atoms with E-state index in [0.717, 1.165) is 28.4 Å². The molecule has 0 aliphatic carbocycles. The summed E-state index contributed by atoms with van der Waals surface area (Å²) in [6.45, 7) is 2.06. The molecular weight excluding hydrogens is 322 g/mol. The summed E-state index contributed by atoms with van der Waals surface area (Å²) < 4.78 is 10.3. The number of hydrogen-bond acceptors (Lipinski definition) is 4. The predicted octanol–water partition coefficient (Wildman–Crippen LogP) is 4.06. The van der Waals surface area contributed by atoms with Crippen LogP contribution in [-0.2, 0) is 4.79 Å². The van der Waals surface area contributed by atoms with Crippen molar-refractivity contribution in [1.29, 1.82) is 0 Å². The highest BCUT2D eigenvalue weighted by atomic mass is 32.2. The normalized spacial score (nSPS) is 11.6. The summed E-state index contributed by atoms with van der Waals surface area (Å²) in [6, 6.07) is 15.5. The van der Waals surface area contributed by atoms with Crippen LogP contribution < -0.4 is 14.8 Å². The van der Waals surface area contributed by atoms with Crippen LogP contribution in [-0.4, -0.2) is 25.9 Å². The SMILES string of the molecule is CC[C@H](NC(=O)CSc1ccc(OC)cc1)c1ccc(OC)cc1. The van der Waals surface area contributed by atoms with Crippen LogP contribution in [0.25, 0.3) is 0 Å². The van der Waals surface area contributed by atoms with Crippen molar-refractivity contribution < 1.29 is 14.3 Å². The van der Waals surface area contributed by atoms with Crippen molar-refractivity contribution in [3.63, 3.8) is 0 Å². The summed E-state index contributed by atoms with van der Waals surface area (Å²) >= 11 is 1.51. The van der Waals surface area contributed by atoms with Gasteiger partial charge in [0.25, 0.3) is 0 Å². The smallest absolute Gasteiger partial charge is 0.230 e. The number of rotatable bonds is 8. The first-order chi connectivity index (χ1) is 11.7. The first kappa shape index (κ1) is 18.2. The largest absolute Gasteiger partial charge is 0.497 e. The summed E-state index contributed by atoms with van der Waals surface area (Å²) in [6.07, 6.45) is 0.839. The molecule has 0 heterocycles. The van der Waals surface area contributed by atoms with E-state index in [-0.39, 0.29) is 11.9 Å². The van der Waals surface area contributed by atoms with E-state index in [2.05, 4.69) is 12.2 Å². The standard InChI is InChI=1S/C19H23NO3S/c1-4-18(14-5-7-15(22-2)8-6-14)20-19(21)13-24-17-11-9-16(23-3)10-12-17/h5-12,18H,4,13H2,1-3H3,(H,20,21)/t18-/m0/s1. The van der Waals surface area contributed by atoms with Crippen LogP contribution in [0.1, 0.15) is 24.9 Å². The minimum atomic E-state index is 0.0138. The van der Waals surface area contributed by atoms with Crippen LogP contribution in [0.2, 0.25) is 0 Å². The van der Waals surface area contributed by atoms with Crippen LogP contribution in [0.5, 0.6) is 11.5 Å². The third-order valence-electron chi connectivity index (χ3n) is 3.69. The van der Waals surface area contributed by atoms with Gasteiger partial charge >= 0.3 is 0 Å². The molecule has 5 heteroatoms. The Balaban J connectivity index is 1.88. The number of nitrogens with one attached hydrogen (secondary N) is 1. The van der Waals surface area contributed by atoms with Gasteiger partial charge in [-0.15, -0.1) is 11.8 Å². The lowest BCUT2D eigenvalue weighted by Gasteiger charge is -2.17. The zero-order chi connectivity index (χ0) is 17.4. The van der Waals surface area contributed by atoms with E-state index >= 15 is 0 Å². The van der Waals surface area contributed by atoms with Crippen molar-refractivity contribution in [2.75, 3.05) is 20.0 Å². The van der Waals surface area contributed by atoms with Gasteiger partial charge in [0.15, 0.2) is 0 Å². The minimum Gasteiger partial charge on any atom is -0.497 e. The molecule has 1 atom stereocenters. The molecule has 0 aliphatic heterocycles. The van der Waals surface area contributed by atoms with Crippen molar-refractivity contribution in [1.82, 2.24) is 5.32 Å². The summed E-state index contributed by atoms with van der Waals surface area (Å²) in [4.78, 5) is 13.3. The van der Waals surface area contributed by atoms with E-state index in [4.69, 9.17) is 9.47 Å². The summed E-state index contributed by atoms with van der Waals surface area (Å²) in [5.41, 5.74) is 1.08. The van der Waals surface area contributed by atoms with Crippen molar-refractivity contribution in [3.05, 3.63) is 54.1 Å². The Kier molecular flexibility index (Phi) is 7.00. The topological polar surface area (TPSA) is 47.6 Å². The number of benzene rings is 2. The fourth-order valence-corrected chi connectivity index (χ4v) is 3.02. The number of amides is 1. The quantitative estimate of drug-likeness (QED) is 0.733.